The van der Waals surface area contributed by atoms with Crippen molar-refractivity contribution in [3.8, 4) is 33.4 Å². The Morgan fingerprint density at radius 2 is 0.905 bits per heavy atom. The lowest BCUT2D eigenvalue weighted by Gasteiger charge is -2.21. The maximum atomic E-state index is 5.09. The molecule has 1 aliphatic heterocycles. The van der Waals surface area contributed by atoms with Gasteiger partial charge in [-0.15, -0.1) is 5.10 Å². The molecule has 0 spiro atoms. The van der Waals surface area contributed by atoms with E-state index in [1.54, 1.807) is 0 Å². The van der Waals surface area contributed by atoms with E-state index in [2.05, 4.69) is 146 Å². The number of hydrogen-bond donors (Lipinski definition) is 0. The predicted molar refractivity (Wildman–Crippen MR) is 172 cm³/mol. The number of amidine groups is 1. The second-order valence-corrected chi connectivity index (χ2v) is 10.2. The molecule has 0 N–H and O–H groups in total. The monoisotopic (exact) mass is 541 g/mol. The summed E-state index contributed by atoms with van der Waals surface area (Å²) in [6, 6.07) is 56.8. The summed E-state index contributed by atoms with van der Waals surface area (Å²) in [5.41, 5.74) is 9.92. The molecule has 0 aliphatic carbocycles. The largest absolute Gasteiger partial charge is 0.269 e. The van der Waals surface area contributed by atoms with E-state index < -0.39 is 0 Å². The second kappa shape index (κ2) is 11.5. The zero-order valence-electron chi connectivity index (χ0n) is 23.1. The van der Waals surface area contributed by atoms with E-state index in [-0.39, 0.29) is 0 Å². The van der Waals surface area contributed by atoms with Crippen molar-refractivity contribution in [3.05, 3.63) is 169 Å². The highest BCUT2D eigenvalue weighted by Gasteiger charge is 2.26. The highest BCUT2D eigenvalue weighted by Crippen LogP contribution is 2.30. The van der Waals surface area contributed by atoms with E-state index >= 15 is 0 Å². The number of benzene rings is 6. The fraction of sp³-hybridized carbons (Fsp3) is 0.0263. The number of rotatable bonds is 6. The van der Waals surface area contributed by atoms with Gasteiger partial charge in [0.2, 0.25) is 11.5 Å². The zero-order chi connectivity index (χ0) is 28.1. The Kier molecular flexibility index (Phi) is 6.93. The topological polar surface area (TPSA) is 31.0 Å². The first kappa shape index (κ1) is 25.4. The summed E-state index contributed by atoms with van der Waals surface area (Å²) in [5, 5.41) is 12.2. The van der Waals surface area contributed by atoms with Crippen LogP contribution in [0.25, 0.3) is 33.4 Å². The van der Waals surface area contributed by atoms with E-state index in [0.717, 1.165) is 39.2 Å². The molecule has 0 unspecified atom stereocenters. The summed E-state index contributed by atoms with van der Waals surface area (Å²) in [7, 11) is 0. The number of hydrogen-bond acceptors (Lipinski definition) is 3. The van der Waals surface area contributed by atoms with Crippen molar-refractivity contribution >= 4 is 17.2 Å². The minimum absolute atomic E-state index is 0.484. The Morgan fingerprint density at radius 1 is 0.429 bits per heavy atom. The van der Waals surface area contributed by atoms with Gasteiger partial charge in [-0.05, 0) is 51.6 Å². The lowest BCUT2D eigenvalue weighted by molar-refractivity contribution is -0.507. The molecule has 4 nitrogen and oxygen atoms in total. The molecule has 200 valence electrons. The molecular weight excluding hydrogens is 512 g/mol. The maximum Gasteiger partial charge on any atom is 0.269 e. The van der Waals surface area contributed by atoms with Crippen LogP contribution < -0.4 is 5.01 Å². The van der Waals surface area contributed by atoms with Crippen LogP contribution in [-0.2, 0) is 0 Å². The first-order chi connectivity index (χ1) is 20.8. The summed E-state index contributed by atoms with van der Waals surface area (Å²) in [6.07, 6.45) is 0. The van der Waals surface area contributed by atoms with E-state index in [9.17, 15) is 0 Å². The van der Waals surface area contributed by atoms with Gasteiger partial charge in [0.05, 0.1) is 5.69 Å². The lowest BCUT2D eigenvalue weighted by Crippen LogP contribution is -2.31. The fourth-order valence-electron chi connectivity index (χ4n) is 5.25. The van der Waals surface area contributed by atoms with Gasteiger partial charge in [-0.1, -0.05) is 138 Å². The molecule has 0 saturated heterocycles. The minimum atomic E-state index is 0.484. The van der Waals surface area contributed by atoms with Crippen LogP contribution in [0, 0.1) is 0 Å². The standard InChI is InChI=1S/C38H29N4/c1-4-13-29(14-5-1)32-19-10-22-35(25-32)38-39-41(36-23-11-20-33(26-36)30-15-6-2-7-16-30)28-42(40-38)37-24-12-21-34(27-37)31-17-8-3-9-18-31/h1-27H,28H2/q+1. The van der Waals surface area contributed by atoms with Crippen LogP contribution in [0.4, 0.5) is 11.4 Å². The predicted octanol–water partition coefficient (Wildman–Crippen LogP) is 9.62. The van der Waals surface area contributed by atoms with Crippen LogP contribution in [0.3, 0.4) is 0 Å². The summed E-state index contributed by atoms with van der Waals surface area (Å²) < 4.78 is 2.04. The molecule has 6 aromatic rings. The van der Waals surface area contributed by atoms with Crippen LogP contribution in [-0.4, -0.2) is 17.2 Å². The summed E-state index contributed by atoms with van der Waals surface area (Å²) >= 11 is 0. The van der Waals surface area contributed by atoms with Crippen molar-refractivity contribution in [1.29, 1.82) is 0 Å². The molecule has 7 rings (SSSR count). The number of azo groups is 2. The summed E-state index contributed by atoms with van der Waals surface area (Å²) in [5.74, 6) is 0.661. The lowest BCUT2D eigenvalue weighted by atomic mass is 10.0. The Hall–Kier alpha value is -5.61. The normalized spacial score (nSPS) is 12.9. The number of anilines is 1. The molecule has 4 heteroatoms. The molecule has 0 bridgehead atoms. The molecular formula is C38H29N4+. The van der Waals surface area contributed by atoms with Crippen molar-refractivity contribution in [2.24, 2.45) is 10.2 Å². The van der Waals surface area contributed by atoms with Crippen molar-refractivity contribution in [3.63, 3.8) is 0 Å². The van der Waals surface area contributed by atoms with Crippen molar-refractivity contribution in [2.45, 2.75) is 0 Å². The highest BCUT2D eigenvalue weighted by atomic mass is 15.6. The van der Waals surface area contributed by atoms with Crippen LogP contribution >= 0.6 is 0 Å². The molecule has 1 heterocycles. The number of nitrogens with zero attached hydrogens (tertiary/aromatic N) is 4. The van der Waals surface area contributed by atoms with Gasteiger partial charge in [-0.3, -0.25) is 0 Å². The quantitative estimate of drug-likeness (QED) is 0.193. The van der Waals surface area contributed by atoms with E-state index in [1.165, 1.54) is 11.1 Å². The van der Waals surface area contributed by atoms with Gasteiger partial charge < -0.3 is 0 Å². The van der Waals surface area contributed by atoms with E-state index in [4.69, 9.17) is 10.2 Å². The second-order valence-electron chi connectivity index (χ2n) is 10.2. The molecule has 42 heavy (non-hydrogen) atoms. The Labute approximate surface area is 246 Å². The molecule has 0 radical (unpaired) electrons. The van der Waals surface area contributed by atoms with E-state index in [0.29, 0.717) is 12.5 Å². The highest BCUT2D eigenvalue weighted by molar-refractivity contribution is 6.00. The molecule has 1 aliphatic rings. The van der Waals surface area contributed by atoms with Gasteiger partial charge in [0.25, 0.3) is 6.67 Å². The van der Waals surface area contributed by atoms with Crippen molar-refractivity contribution < 1.29 is 4.70 Å². The molecule has 0 aromatic heterocycles. The third kappa shape index (κ3) is 5.38. The van der Waals surface area contributed by atoms with E-state index in [1.807, 2.05) is 27.9 Å². The summed E-state index contributed by atoms with van der Waals surface area (Å²) in [4.78, 5) is 0. The number of hydrazone groups is 1. The van der Waals surface area contributed by atoms with Crippen LogP contribution in [0.2, 0.25) is 0 Å². The van der Waals surface area contributed by atoms with Gasteiger partial charge in [-0.25, -0.2) is 5.01 Å². The smallest absolute Gasteiger partial charge is 0.201 e. The molecule has 6 aromatic carbocycles. The zero-order valence-corrected chi connectivity index (χ0v) is 23.1. The van der Waals surface area contributed by atoms with Gasteiger partial charge in [0, 0.05) is 22.8 Å². The minimum Gasteiger partial charge on any atom is -0.201 e. The molecule has 0 atom stereocenters. The molecule has 0 fully saturated rings. The van der Waals surface area contributed by atoms with Gasteiger partial charge in [-0.2, -0.15) is 0 Å². The first-order valence-electron chi connectivity index (χ1n) is 14.1. The third-order valence-corrected chi connectivity index (χ3v) is 7.43. The average molecular weight is 542 g/mol. The Morgan fingerprint density at radius 3 is 1.52 bits per heavy atom. The molecule has 0 saturated carbocycles. The average Bonchev–Trinajstić information content (AvgIpc) is 3.09. The summed E-state index contributed by atoms with van der Waals surface area (Å²) in [6.45, 7) is 0.484. The van der Waals surface area contributed by atoms with Gasteiger partial charge >= 0.3 is 0 Å². The maximum absolute atomic E-state index is 5.09. The Bertz CT molecular complexity index is 1890. The van der Waals surface area contributed by atoms with Crippen LogP contribution in [0.15, 0.2) is 174 Å². The van der Waals surface area contributed by atoms with Crippen molar-refractivity contribution in [2.75, 3.05) is 11.7 Å². The third-order valence-electron chi connectivity index (χ3n) is 7.43. The van der Waals surface area contributed by atoms with Gasteiger partial charge in [0.1, 0.15) is 0 Å². The van der Waals surface area contributed by atoms with Gasteiger partial charge in [0.15, 0.2) is 0 Å². The SMILES string of the molecule is c1ccc(-c2cccc(C3=NN(c4cccc(-c5ccccc5)c4)C[N+](c4cccc(-c5ccccc5)c4)=N3)c2)cc1. The molecule has 0 amide bonds. The fourth-order valence-corrected chi connectivity index (χ4v) is 5.25. The van der Waals surface area contributed by atoms with Crippen LogP contribution in [0.1, 0.15) is 5.56 Å². The van der Waals surface area contributed by atoms with Crippen molar-refractivity contribution in [1.82, 2.24) is 0 Å². The Balaban J connectivity index is 1.32. The van der Waals surface area contributed by atoms with Crippen LogP contribution in [0.5, 0.6) is 0 Å². The first-order valence-corrected chi connectivity index (χ1v) is 14.1.